The largest absolute Gasteiger partial charge is 0.480 e. The zero-order chi connectivity index (χ0) is 8.65. The van der Waals surface area contributed by atoms with Crippen molar-refractivity contribution in [1.29, 1.82) is 0 Å². The minimum atomic E-state index is -3.46. The van der Waals surface area contributed by atoms with Gasteiger partial charge in [-0.1, -0.05) is 0 Å². The van der Waals surface area contributed by atoms with E-state index in [1.807, 2.05) is 0 Å². The lowest BCUT2D eigenvalue weighted by Crippen LogP contribution is -2.25. The maximum absolute atomic E-state index is 11.0. The van der Waals surface area contributed by atoms with Gasteiger partial charge in [-0.05, 0) is 6.42 Å². The van der Waals surface area contributed by atoms with Crippen LogP contribution in [0.25, 0.3) is 0 Å². The molecule has 1 heterocycles. The number of sulfone groups is 1. The highest BCUT2D eigenvalue weighted by molar-refractivity contribution is 7.93. The van der Waals surface area contributed by atoms with Crippen LogP contribution < -0.4 is 5.73 Å². The van der Waals surface area contributed by atoms with E-state index in [0.717, 1.165) is 0 Å². The van der Waals surface area contributed by atoms with Crippen molar-refractivity contribution < 1.29 is 18.3 Å². The van der Waals surface area contributed by atoms with Gasteiger partial charge in [0.05, 0.1) is 5.75 Å². The van der Waals surface area contributed by atoms with E-state index in [0.29, 0.717) is 0 Å². The highest BCUT2D eigenvalue weighted by atomic mass is 35.5. The average molecular weight is 216 g/mol. The van der Waals surface area contributed by atoms with Crippen LogP contribution >= 0.6 is 12.4 Å². The van der Waals surface area contributed by atoms with E-state index in [9.17, 15) is 13.2 Å². The number of carboxylic acid groups (broad SMARTS) is 1. The Hall–Kier alpha value is -0.330. The van der Waals surface area contributed by atoms with Gasteiger partial charge in [0.15, 0.2) is 15.1 Å². The number of halogens is 1. The third-order valence-electron chi connectivity index (χ3n) is 1.67. The summed E-state index contributed by atoms with van der Waals surface area (Å²) in [6.45, 7) is 0. The minimum Gasteiger partial charge on any atom is -0.480 e. The van der Waals surface area contributed by atoms with E-state index in [1.165, 1.54) is 0 Å². The number of rotatable bonds is 1. The Bertz CT molecular complexity index is 275. The van der Waals surface area contributed by atoms with Gasteiger partial charge in [-0.25, -0.2) is 8.42 Å². The number of hydrogen-bond acceptors (Lipinski definition) is 4. The number of nitrogens with two attached hydrogens (primary N) is 1. The first-order chi connectivity index (χ1) is 4.93. The van der Waals surface area contributed by atoms with Crippen LogP contribution in [0, 0.1) is 0 Å². The molecule has 1 saturated heterocycles. The molecule has 2 atom stereocenters. The van der Waals surface area contributed by atoms with Crippen LogP contribution in [-0.4, -0.2) is 36.5 Å². The van der Waals surface area contributed by atoms with Crippen LogP contribution in [0.5, 0.6) is 0 Å². The fourth-order valence-electron chi connectivity index (χ4n) is 1.16. The Morgan fingerprint density at radius 3 is 2.17 bits per heavy atom. The highest BCUT2D eigenvalue weighted by Gasteiger charge is 2.41. The molecule has 0 aromatic carbocycles. The van der Waals surface area contributed by atoms with Gasteiger partial charge < -0.3 is 10.8 Å². The first-order valence-corrected chi connectivity index (χ1v) is 4.85. The normalized spacial score (nSPS) is 32.4. The van der Waals surface area contributed by atoms with Crippen molar-refractivity contribution in [2.75, 3.05) is 5.75 Å². The topological polar surface area (TPSA) is 97.5 Å². The fraction of sp³-hybridized carbons (Fsp3) is 0.800. The predicted molar refractivity (Wildman–Crippen MR) is 45.1 cm³/mol. The molecular formula is C5H10ClNO4S. The number of aliphatic carboxylic acids is 1. The second-order valence-electron chi connectivity index (χ2n) is 2.65. The second kappa shape index (κ2) is 3.59. The summed E-state index contributed by atoms with van der Waals surface area (Å²) in [6.07, 6.45) is 0.0394. The smallest absolute Gasteiger partial charge is 0.321 e. The third kappa shape index (κ3) is 2.09. The molecule has 0 aromatic heterocycles. The highest BCUT2D eigenvalue weighted by Crippen LogP contribution is 2.18. The van der Waals surface area contributed by atoms with Gasteiger partial charge in [-0.15, -0.1) is 12.4 Å². The first-order valence-electron chi connectivity index (χ1n) is 3.13. The van der Waals surface area contributed by atoms with E-state index >= 15 is 0 Å². The fourth-order valence-corrected chi connectivity index (χ4v) is 2.97. The Morgan fingerprint density at radius 2 is 2.00 bits per heavy atom. The molecule has 0 aromatic rings. The zero-order valence-electron chi connectivity index (χ0n) is 6.13. The molecule has 5 nitrogen and oxygen atoms in total. The van der Waals surface area contributed by atoms with Crippen LogP contribution in [0.4, 0.5) is 0 Å². The molecule has 0 amide bonds. The standard InChI is InChI=1S/C5H9NO4S.ClH/c6-3-1-4(5(7)8)11(9,10)2-3;/h3-4H,1-2,6H2,(H,7,8);1H/t3-,4?;/m0./s1. The van der Waals surface area contributed by atoms with Crippen LogP contribution in [-0.2, 0) is 14.6 Å². The van der Waals surface area contributed by atoms with E-state index < -0.39 is 27.1 Å². The summed E-state index contributed by atoms with van der Waals surface area (Å²) >= 11 is 0. The van der Waals surface area contributed by atoms with Crippen LogP contribution in [0.3, 0.4) is 0 Å². The maximum Gasteiger partial charge on any atom is 0.321 e. The molecule has 72 valence electrons. The van der Waals surface area contributed by atoms with Gasteiger partial charge in [0, 0.05) is 6.04 Å². The van der Waals surface area contributed by atoms with E-state index in [2.05, 4.69) is 0 Å². The molecule has 1 fully saturated rings. The van der Waals surface area contributed by atoms with Crippen molar-refractivity contribution in [2.45, 2.75) is 17.7 Å². The lowest BCUT2D eigenvalue weighted by Gasteiger charge is -1.99. The van der Waals surface area contributed by atoms with Crippen molar-refractivity contribution in [1.82, 2.24) is 0 Å². The lowest BCUT2D eigenvalue weighted by molar-refractivity contribution is -0.136. The van der Waals surface area contributed by atoms with E-state index in [-0.39, 0.29) is 24.6 Å². The van der Waals surface area contributed by atoms with Gasteiger partial charge in [-0.3, -0.25) is 4.79 Å². The Morgan fingerprint density at radius 1 is 1.50 bits per heavy atom. The molecule has 0 bridgehead atoms. The van der Waals surface area contributed by atoms with Crippen molar-refractivity contribution in [3.8, 4) is 0 Å². The summed E-state index contributed by atoms with van der Waals surface area (Å²) in [5, 5.41) is 7.15. The molecule has 0 radical (unpaired) electrons. The third-order valence-corrected chi connectivity index (χ3v) is 3.83. The molecule has 0 aliphatic carbocycles. The molecule has 1 aliphatic heterocycles. The Balaban J connectivity index is 0.00000121. The quantitative estimate of drug-likeness (QED) is 0.585. The number of carboxylic acids is 1. The van der Waals surface area contributed by atoms with Crippen molar-refractivity contribution >= 4 is 28.2 Å². The summed E-state index contributed by atoms with van der Waals surface area (Å²) in [4.78, 5) is 10.3. The summed E-state index contributed by atoms with van der Waals surface area (Å²) in [7, 11) is -3.46. The molecule has 0 saturated carbocycles. The Labute approximate surface area is 76.3 Å². The summed E-state index contributed by atoms with van der Waals surface area (Å²) < 4.78 is 21.9. The van der Waals surface area contributed by atoms with Crippen LogP contribution in [0.1, 0.15) is 6.42 Å². The molecule has 1 aliphatic rings. The second-order valence-corrected chi connectivity index (χ2v) is 4.88. The Kier molecular flexibility index (Phi) is 3.49. The molecule has 1 rings (SSSR count). The summed E-state index contributed by atoms with van der Waals surface area (Å²) in [5.41, 5.74) is 5.30. The van der Waals surface area contributed by atoms with Crippen molar-refractivity contribution in [3.05, 3.63) is 0 Å². The summed E-state index contributed by atoms with van der Waals surface area (Å²) in [6, 6.07) is -0.513. The molecule has 7 heteroatoms. The molecule has 0 spiro atoms. The predicted octanol–water partition coefficient (Wildman–Crippen LogP) is -0.993. The minimum absolute atomic E-state index is 0. The van der Waals surface area contributed by atoms with Gasteiger partial charge in [-0.2, -0.15) is 0 Å². The van der Waals surface area contributed by atoms with Gasteiger partial charge in [0.1, 0.15) is 0 Å². The molecule has 1 unspecified atom stereocenters. The maximum atomic E-state index is 11.0. The number of carbonyl (C=O) groups is 1. The molecule has 12 heavy (non-hydrogen) atoms. The first kappa shape index (κ1) is 11.7. The van der Waals surface area contributed by atoms with Gasteiger partial charge >= 0.3 is 5.97 Å². The van der Waals surface area contributed by atoms with Crippen LogP contribution in [0.2, 0.25) is 0 Å². The van der Waals surface area contributed by atoms with Crippen LogP contribution in [0.15, 0.2) is 0 Å². The van der Waals surface area contributed by atoms with Gasteiger partial charge in [0.25, 0.3) is 0 Å². The van der Waals surface area contributed by atoms with E-state index in [1.54, 1.807) is 0 Å². The van der Waals surface area contributed by atoms with Crippen molar-refractivity contribution in [2.24, 2.45) is 5.73 Å². The SMILES string of the molecule is Cl.N[C@H]1CC(C(=O)O)S(=O)(=O)C1. The average Bonchev–Trinajstić information content (AvgIpc) is 2.04. The molecular weight excluding hydrogens is 206 g/mol. The molecule has 3 N–H and O–H groups in total. The monoisotopic (exact) mass is 215 g/mol. The summed E-state index contributed by atoms with van der Waals surface area (Å²) in [5.74, 6) is -1.50. The van der Waals surface area contributed by atoms with Crippen molar-refractivity contribution in [3.63, 3.8) is 0 Å². The van der Waals surface area contributed by atoms with Gasteiger partial charge in [0.2, 0.25) is 0 Å². The zero-order valence-corrected chi connectivity index (χ0v) is 7.77. The van der Waals surface area contributed by atoms with E-state index in [4.69, 9.17) is 10.8 Å². The number of hydrogen-bond donors (Lipinski definition) is 2. The lowest BCUT2D eigenvalue weighted by atomic mass is 10.2.